The molecule has 0 saturated carbocycles. The molecule has 0 aliphatic heterocycles. The molecule has 1 atom stereocenters. The number of nitrogens with zero attached hydrogens (tertiary/aromatic N) is 2. The van der Waals surface area contributed by atoms with Crippen LogP contribution in [0.1, 0.15) is 36.9 Å². The van der Waals surface area contributed by atoms with Gasteiger partial charge in [-0.15, -0.1) is 0 Å². The van der Waals surface area contributed by atoms with Crippen LogP contribution in [0.4, 0.5) is 10.2 Å². The summed E-state index contributed by atoms with van der Waals surface area (Å²) in [5.41, 5.74) is 16.2. The van der Waals surface area contributed by atoms with E-state index in [1.807, 2.05) is 18.2 Å². The average Bonchev–Trinajstić information content (AvgIpc) is 3.18. The number of hydrogen-bond acceptors (Lipinski definition) is 5. The number of carbonyl (C=O) groups excluding carboxylic acids is 1. The van der Waals surface area contributed by atoms with Crippen LogP contribution in [-0.2, 0) is 11.2 Å². The lowest BCUT2D eigenvalue weighted by molar-refractivity contribution is -0.116. The van der Waals surface area contributed by atoms with Gasteiger partial charge in [-0.05, 0) is 66.9 Å². The summed E-state index contributed by atoms with van der Waals surface area (Å²) >= 11 is 0. The van der Waals surface area contributed by atoms with Crippen LogP contribution in [0, 0.1) is 5.82 Å². The molecule has 176 valence electrons. The molecule has 0 aliphatic carbocycles. The van der Waals surface area contributed by atoms with Gasteiger partial charge < -0.3 is 21.8 Å². The third kappa shape index (κ3) is 5.84. The molecular weight excluding hydrogens is 431 g/mol. The number of rotatable bonds is 10. The number of anilines is 1. The summed E-state index contributed by atoms with van der Waals surface area (Å²) in [6.07, 6.45) is 6.87. The van der Waals surface area contributed by atoms with Gasteiger partial charge in [-0.25, -0.2) is 9.37 Å². The highest BCUT2D eigenvalue weighted by molar-refractivity contribution is 5.98. The maximum absolute atomic E-state index is 13.4. The molecular formula is C26H29FN6O. The molecule has 1 amide bonds. The molecule has 0 saturated heterocycles. The Balaban J connectivity index is 1.58. The lowest BCUT2D eigenvalue weighted by atomic mass is 10.00. The smallest absolute Gasteiger partial charge is 0.227 e. The third-order valence-corrected chi connectivity index (χ3v) is 5.74. The van der Waals surface area contributed by atoms with Gasteiger partial charge >= 0.3 is 0 Å². The monoisotopic (exact) mass is 460 g/mol. The second-order valence-corrected chi connectivity index (χ2v) is 8.41. The van der Waals surface area contributed by atoms with Crippen molar-refractivity contribution in [1.82, 2.24) is 15.0 Å². The quantitative estimate of drug-likeness (QED) is 0.265. The summed E-state index contributed by atoms with van der Waals surface area (Å²) in [5.74, 6) is 0.0259. The van der Waals surface area contributed by atoms with Crippen molar-refractivity contribution in [3.63, 3.8) is 0 Å². The van der Waals surface area contributed by atoms with E-state index in [2.05, 4.69) is 20.3 Å². The number of halogens is 1. The Morgan fingerprint density at radius 3 is 2.56 bits per heavy atom. The first-order valence-electron chi connectivity index (χ1n) is 11.5. The second-order valence-electron chi connectivity index (χ2n) is 8.41. The number of amides is 1. The molecule has 8 heteroatoms. The van der Waals surface area contributed by atoms with E-state index >= 15 is 0 Å². The highest BCUT2D eigenvalue weighted by Gasteiger charge is 2.17. The largest absolute Gasteiger partial charge is 0.342 e. The van der Waals surface area contributed by atoms with Gasteiger partial charge in [0.25, 0.3) is 0 Å². The molecule has 34 heavy (non-hydrogen) atoms. The summed E-state index contributed by atoms with van der Waals surface area (Å²) in [7, 11) is 0. The van der Waals surface area contributed by atoms with Crippen molar-refractivity contribution in [3.05, 3.63) is 78.0 Å². The zero-order valence-electron chi connectivity index (χ0n) is 18.9. The van der Waals surface area contributed by atoms with Crippen LogP contribution in [0.5, 0.6) is 0 Å². The van der Waals surface area contributed by atoms with Crippen LogP contribution in [0.2, 0.25) is 0 Å². The Morgan fingerprint density at radius 1 is 1.06 bits per heavy atom. The van der Waals surface area contributed by atoms with Crippen LogP contribution in [0.15, 0.2) is 60.9 Å². The van der Waals surface area contributed by atoms with Gasteiger partial charge in [0.15, 0.2) is 0 Å². The molecule has 0 radical (unpaired) electrons. The van der Waals surface area contributed by atoms with Gasteiger partial charge in [0.2, 0.25) is 5.91 Å². The number of H-pyrrole nitrogens is 1. The zero-order valence-corrected chi connectivity index (χ0v) is 18.9. The highest BCUT2D eigenvalue weighted by atomic mass is 19.1. The van der Waals surface area contributed by atoms with E-state index < -0.39 is 0 Å². The van der Waals surface area contributed by atoms with Gasteiger partial charge in [0, 0.05) is 47.9 Å². The first-order valence-corrected chi connectivity index (χ1v) is 11.5. The highest BCUT2D eigenvalue weighted by Crippen LogP contribution is 2.33. The Kier molecular flexibility index (Phi) is 7.61. The molecule has 7 nitrogen and oxygen atoms in total. The normalized spacial score (nSPS) is 12.1. The number of nitrogens with two attached hydrogens (primary N) is 2. The van der Waals surface area contributed by atoms with Crippen LogP contribution >= 0.6 is 0 Å². The predicted molar refractivity (Wildman–Crippen MR) is 133 cm³/mol. The fraction of sp³-hybridized carbons (Fsp3) is 0.269. The zero-order chi connectivity index (χ0) is 23.9. The van der Waals surface area contributed by atoms with Crippen molar-refractivity contribution < 1.29 is 9.18 Å². The Morgan fingerprint density at radius 2 is 1.82 bits per heavy atom. The SMILES string of the molecule is NCCCC[C@H](N)CC(=O)Nc1ccc2c(-c3ccncc3)c(Cc3ccc(F)cc3)[nH]c2n1. The molecule has 0 bridgehead atoms. The summed E-state index contributed by atoms with van der Waals surface area (Å²) in [4.78, 5) is 24.6. The molecule has 4 rings (SSSR count). The minimum Gasteiger partial charge on any atom is -0.342 e. The van der Waals surface area contributed by atoms with Crippen LogP contribution in [0.3, 0.4) is 0 Å². The molecule has 6 N–H and O–H groups in total. The number of pyridine rings is 2. The summed E-state index contributed by atoms with van der Waals surface area (Å²) < 4.78 is 13.4. The van der Waals surface area contributed by atoms with Gasteiger partial charge in [-0.3, -0.25) is 9.78 Å². The standard InChI is InChI=1S/C26H29FN6O/c27-19-6-4-17(5-7-19)15-22-25(18-10-13-30-14-11-18)21-8-9-23(33-26(21)31-22)32-24(34)16-20(29)3-1-2-12-28/h4-11,13-14,20H,1-3,12,15-16,28-29H2,(H2,31,32,33,34)/t20-/m0/s1. The number of unbranched alkanes of at least 4 members (excludes halogenated alkanes) is 1. The van der Waals surface area contributed by atoms with Crippen LogP contribution in [-0.4, -0.2) is 33.4 Å². The maximum atomic E-state index is 13.4. The number of fused-ring (bicyclic) bond motifs is 1. The Hall–Kier alpha value is -3.62. The van der Waals surface area contributed by atoms with Gasteiger partial charge in [-0.1, -0.05) is 18.6 Å². The Labute approximate surface area is 197 Å². The summed E-state index contributed by atoms with van der Waals surface area (Å²) in [6.45, 7) is 0.629. The van der Waals surface area contributed by atoms with E-state index in [4.69, 9.17) is 11.5 Å². The van der Waals surface area contributed by atoms with E-state index in [1.54, 1.807) is 30.6 Å². The van der Waals surface area contributed by atoms with Gasteiger partial charge in [0.1, 0.15) is 17.3 Å². The van der Waals surface area contributed by atoms with E-state index in [0.717, 1.165) is 47.0 Å². The summed E-state index contributed by atoms with van der Waals surface area (Å²) in [5, 5.41) is 3.78. The third-order valence-electron chi connectivity index (χ3n) is 5.74. The van der Waals surface area contributed by atoms with Crippen molar-refractivity contribution >= 4 is 22.8 Å². The predicted octanol–water partition coefficient (Wildman–Crippen LogP) is 4.14. The number of aromatic nitrogens is 3. The van der Waals surface area contributed by atoms with Crippen molar-refractivity contribution in [2.24, 2.45) is 11.5 Å². The van der Waals surface area contributed by atoms with Crippen LogP contribution < -0.4 is 16.8 Å². The van der Waals surface area contributed by atoms with Crippen molar-refractivity contribution in [2.45, 2.75) is 38.1 Å². The Bertz CT molecular complexity index is 1240. The minimum absolute atomic E-state index is 0.167. The molecule has 3 heterocycles. The van der Waals surface area contributed by atoms with Crippen molar-refractivity contribution in [3.8, 4) is 11.1 Å². The topological polar surface area (TPSA) is 123 Å². The fourth-order valence-electron chi connectivity index (χ4n) is 4.07. The lowest BCUT2D eigenvalue weighted by Gasteiger charge is -2.11. The minimum atomic E-state index is -0.268. The molecule has 0 unspecified atom stereocenters. The molecule has 0 fully saturated rings. The molecule has 4 aromatic rings. The van der Waals surface area contributed by atoms with Gasteiger partial charge in [0.05, 0.1) is 0 Å². The van der Waals surface area contributed by atoms with Crippen LogP contribution in [0.25, 0.3) is 22.2 Å². The van der Waals surface area contributed by atoms with E-state index in [1.165, 1.54) is 12.1 Å². The number of nitrogens with one attached hydrogen (secondary N) is 2. The molecule has 0 aliphatic rings. The van der Waals surface area contributed by atoms with Crippen molar-refractivity contribution in [2.75, 3.05) is 11.9 Å². The molecule has 1 aromatic carbocycles. The van der Waals surface area contributed by atoms with E-state index in [9.17, 15) is 9.18 Å². The van der Waals surface area contributed by atoms with Crippen molar-refractivity contribution in [1.29, 1.82) is 0 Å². The number of benzene rings is 1. The number of aromatic amines is 1. The molecule has 0 spiro atoms. The average molecular weight is 461 g/mol. The van der Waals surface area contributed by atoms with Gasteiger partial charge in [-0.2, -0.15) is 0 Å². The van der Waals surface area contributed by atoms with E-state index in [-0.39, 0.29) is 24.2 Å². The second kappa shape index (κ2) is 11.0. The first kappa shape index (κ1) is 23.5. The first-order chi connectivity index (χ1) is 16.5. The summed E-state index contributed by atoms with van der Waals surface area (Å²) in [6, 6.07) is 13.9. The maximum Gasteiger partial charge on any atom is 0.227 e. The lowest BCUT2D eigenvalue weighted by Crippen LogP contribution is -2.27. The molecule has 3 aromatic heterocycles. The number of carbonyl (C=O) groups is 1. The fourth-order valence-corrected chi connectivity index (χ4v) is 4.07. The van der Waals surface area contributed by atoms with E-state index in [0.29, 0.717) is 24.4 Å². The number of hydrogen-bond donors (Lipinski definition) is 4.